The van der Waals surface area contributed by atoms with E-state index in [-0.39, 0.29) is 11.5 Å². The minimum absolute atomic E-state index is 0.101. The number of rotatable bonds is 11. The molecule has 0 atom stereocenters. The first-order chi connectivity index (χ1) is 19.4. The summed E-state index contributed by atoms with van der Waals surface area (Å²) in [6, 6.07) is 12.7. The van der Waals surface area contributed by atoms with Crippen LogP contribution in [0, 0.1) is 17.2 Å². The van der Waals surface area contributed by atoms with Gasteiger partial charge in [0.15, 0.2) is 0 Å². The Morgan fingerprint density at radius 2 is 1.93 bits per heavy atom. The number of aromatic nitrogens is 2. The summed E-state index contributed by atoms with van der Waals surface area (Å²) < 4.78 is 7.54. The van der Waals surface area contributed by atoms with Crippen molar-refractivity contribution in [1.82, 2.24) is 14.7 Å². The maximum Gasteiger partial charge on any atom is 0.306 e. The average molecular weight is 539 g/mol. The van der Waals surface area contributed by atoms with Gasteiger partial charge in [0.25, 0.3) is 0 Å². The van der Waals surface area contributed by atoms with Gasteiger partial charge >= 0.3 is 5.97 Å². The first-order valence-electron chi connectivity index (χ1n) is 14.4. The zero-order valence-electron chi connectivity index (χ0n) is 24.2. The molecular weight excluding hydrogens is 496 g/mol. The van der Waals surface area contributed by atoms with E-state index >= 15 is 0 Å². The molecule has 1 saturated carbocycles. The van der Waals surface area contributed by atoms with Crippen LogP contribution in [0.2, 0.25) is 0 Å². The lowest BCUT2D eigenvalue weighted by atomic mass is 9.79. The third-order valence-electron chi connectivity index (χ3n) is 8.47. The summed E-state index contributed by atoms with van der Waals surface area (Å²) in [6.45, 7) is 12.1. The monoisotopic (exact) mass is 538 g/mol. The Bertz CT molecular complexity index is 1300. The smallest absolute Gasteiger partial charge is 0.306 e. The Balaban J connectivity index is 1.33. The minimum Gasteiger partial charge on any atom is -0.461 e. The van der Waals surface area contributed by atoms with Crippen LogP contribution in [0.5, 0.6) is 0 Å². The zero-order chi connectivity index (χ0) is 28.5. The normalized spacial score (nSPS) is 21.8. The molecule has 6 nitrogen and oxygen atoms in total. The van der Waals surface area contributed by atoms with Crippen LogP contribution in [-0.2, 0) is 21.7 Å². The number of nitriles is 1. The molecular formula is C34H42N4O2. The number of nitrogens with zero attached hydrogens (tertiary/aromatic N) is 4. The number of likely N-dealkylation sites (tertiary alicyclic amines) is 1. The molecule has 0 bridgehead atoms. The second-order valence-corrected chi connectivity index (χ2v) is 11.3. The minimum atomic E-state index is -0.294. The van der Waals surface area contributed by atoms with Crippen LogP contribution in [0.15, 0.2) is 84.8 Å². The van der Waals surface area contributed by atoms with Crippen LogP contribution in [-0.4, -0.2) is 39.8 Å². The molecule has 210 valence electrons. The Labute approximate surface area is 239 Å². The number of carbonyl (C=O) groups is 1. The summed E-state index contributed by atoms with van der Waals surface area (Å²) >= 11 is 0. The molecule has 2 aromatic rings. The molecule has 0 spiro atoms. The van der Waals surface area contributed by atoms with Crippen molar-refractivity contribution in [1.29, 1.82) is 5.26 Å². The largest absolute Gasteiger partial charge is 0.461 e. The Kier molecular flexibility index (Phi) is 9.95. The summed E-state index contributed by atoms with van der Waals surface area (Å²) in [7, 11) is 0. The standard InChI is InChI=1S/C34H42N4O2/c1-5-10-26(3)32(11-6-2)27(4)30-21-36-38(22-30)34(18-19-35)24-37(25-34)31-16-14-28(15-17-31)20-33(39)40-23-29-12-8-7-9-13-29/h5-13,21-22,28,31H,1,14-18,20,23-25H2,2-4H3/b11-6-,26-10-,32-27+. The maximum atomic E-state index is 12.4. The number of hydrogen-bond acceptors (Lipinski definition) is 5. The molecule has 0 radical (unpaired) electrons. The predicted molar refractivity (Wildman–Crippen MR) is 160 cm³/mol. The van der Waals surface area contributed by atoms with Crippen molar-refractivity contribution < 1.29 is 9.53 Å². The number of carbonyl (C=O) groups excluding carboxylic acids is 1. The SMILES string of the molecule is C=C\C=C(C)/C(/C=C\C)=C(\C)c1cnn(C2(CC#N)CN(C3CCC(CC(=O)OCc4ccccc4)CC3)C2)c1. The van der Waals surface area contributed by atoms with Crippen molar-refractivity contribution in [2.45, 2.75) is 77.5 Å². The lowest BCUT2D eigenvalue weighted by molar-refractivity contribution is -0.146. The molecule has 1 saturated heterocycles. The molecule has 2 fully saturated rings. The Morgan fingerprint density at radius 3 is 2.58 bits per heavy atom. The summed E-state index contributed by atoms with van der Waals surface area (Å²) in [6.07, 6.45) is 17.2. The van der Waals surface area contributed by atoms with Crippen molar-refractivity contribution in [3.05, 3.63) is 95.9 Å². The lowest BCUT2D eigenvalue weighted by Crippen LogP contribution is -2.65. The highest BCUT2D eigenvalue weighted by Gasteiger charge is 2.48. The average Bonchev–Trinajstić information content (AvgIpc) is 3.44. The summed E-state index contributed by atoms with van der Waals surface area (Å²) in [5.74, 6) is 0.286. The van der Waals surface area contributed by atoms with E-state index in [0.29, 0.717) is 31.4 Å². The fourth-order valence-electron chi connectivity index (χ4n) is 6.12. The molecule has 0 amide bonds. The molecule has 1 aliphatic heterocycles. The summed E-state index contributed by atoms with van der Waals surface area (Å²) in [5, 5.41) is 14.4. The third-order valence-corrected chi connectivity index (χ3v) is 8.47. The van der Waals surface area contributed by atoms with Gasteiger partial charge in [-0.25, -0.2) is 0 Å². The zero-order valence-corrected chi connectivity index (χ0v) is 24.2. The highest BCUT2D eigenvalue weighted by Crippen LogP contribution is 2.39. The Morgan fingerprint density at radius 1 is 1.20 bits per heavy atom. The third kappa shape index (κ3) is 6.89. The number of esters is 1. The van der Waals surface area contributed by atoms with Gasteiger partial charge in [0.05, 0.1) is 18.7 Å². The number of ether oxygens (including phenoxy) is 1. The van der Waals surface area contributed by atoms with Crippen LogP contribution in [0.4, 0.5) is 0 Å². The van der Waals surface area contributed by atoms with E-state index in [0.717, 1.165) is 66.6 Å². The van der Waals surface area contributed by atoms with Gasteiger partial charge in [0.2, 0.25) is 0 Å². The maximum absolute atomic E-state index is 12.4. The molecule has 1 aliphatic carbocycles. The van der Waals surface area contributed by atoms with Gasteiger partial charge in [-0.15, -0.1) is 0 Å². The van der Waals surface area contributed by atoms with E-state index in [1.165, 1.54) is 0 Å². The van der Waals surface area contributed by atoms with Gasteiger partial charge < -0.3 is 4.74 Å². The van der Waals surface area contributed by atoms with Crippen molar-refractivity contribution in [2.24, 2.45) is 5.92 Å². The number of allylic oxidation sites excluding steroid dienone is 7. The number of benzene rings is 1. The van der Waals surface area contributed by atoms with E-state index in [2.05, 4.69) is 43.7 Å². The molecule has 0 N–H and O–H groups in total. The molecule has 2 heterocycles. The van der Waals surface area contributed by atoms with Crippen LogP contribution in [0.1, 0.15) is 70.4 Å². The lowest BCUT2D eigenvalue weighted by Gasteiger charge is -2.53. The highest BCUT2D eigenvalue weighted by atomic mass is 16.5. The van der Waals surface area contributed by atoms with Crippen molar-refractivity contribution in [3.63, 3.8) is 0 Å². The van der Waals surface area contributed by atoms with Crippen LogP contribution in [0.25, 0.3) is 5.57 Å². The van der Waals surface area contributed by atoms with Gasteiger partial charge in [-0.3, -0.25) is 14.4 Å². The van der Waals surface area contributed by atoms with Crippen molar-refractivity contribution >= 4 is 11.5 Å². The number of hydrogen-bond donors (Lipinski definition) is 0. The van der Waals surface area contributed by atoms with Crippen molar-refractivity contribution in [3.8, 4) is 6.07 Å². The molecule has 1 aromatic heterocycles. The summed E-state index contributed by atoms with van der Waals surface area (Å²) in [4.78, 5) is 14.9. The van der Waals surface area contributed by atoms with E-state index in [9.17, 15) is 10.1 Å². The van der Waals surface area contributed by atoms with Crippen LogP contribution < -0.4 is 0 Å². The van der Waals surface area contributed by atoms with Crippen molar-refractivity contribution in [2.75, 3.05) is 13.1 Å². The van der Waals surface area contributed by atoms with Gasteiger partial charge in [-0.1, -0.05) is 61.2 Å². The fraction of sp³-hybridized carbons (Fsp3) is 0.441. The second kappa shape index (κ2) is 13.6. The van der Waals surface area contributed by atoms with Crippen LogP contribution in [0.3, 0.4) is 0 Å². The molecule has 6 heteroatoms. The summed E-state index contributed by atoms with van der Waals surface area (Å²) in [5.41, 5.74) is 5.26. The predicted octanol–water partition coefficient (Wildman–Crippen LogP) is 6.98. The first-order valence-corrected chi connectivity index (χ1v) is 14.4. The van der Waals surface area contributed by atoms with E-state index < -0.39 is 0 Å². The van der Waals surface area contributed by atoms with Gasteiger partial charge in [-0.05, 0) is 74.7 Å². The van der Waals surface area contributed by atoms with E-state index in [1.54, 1.807) is 0 Å². The molecule has 0 unspecified atom stereocenters. The topological polar surface area (TPSA) is 71.2 Å². The van der Waals surface area contributed by atoms with E-state index in [4.69, 9.17) is 9.84 Å². The molecule has 1 aromatic carbocycles. The molecule has 2 aliphatic rings. The van der Waals surface area contributed by atoms with Gasteiger partial charge in [0, 0.05) is 37.3 Å². The first kappa shape index (κ1) is 29.3. The van der Waals surface area contributed by atoms with Gasteiger partial charge in [-0.2, -0.15) is 10.4 Å². The molecule has 4 rings (SSSR count). The quantitative estimate of drug-likeness (QED) is 0.228. The Hall–Kier alpha value is -3.69. The highest BCUT2D eigenvalue weighted by molar-refractivity contribution is 5.73. The van der Waals surface area contributed by atoms with Crippen LogP contribution >= 0.6 is 0 Å². The van der Waals surface area contributed by atoms with E-state index in [1.807, 2.05) is 66.4 Å². The second-order valence-electron chi connectivity index (χ2n) is 11.3. The van der Waals surface area contributed by atoms with Gasteiger partial charge in [0.1, 0.15) is 12.1 Å². The molecule has 40 heavy (non-hydrogen) atoms. The fourth-order valence-corrected chi connectivity index (χ4v) is 6.12.